The van der Waals surface area contributed by atoms with E-state index < -0.39 is 9.84 Å². The van der Waals surface area contributed by atoms with Crippen LogP contribution in [0.4, 0.5) is 10.8 Å². The second-order valence-corrected chi connectivity index (χ2v) is 7.81. The highest BCUT2D eigenvalue weighted by molar-refractivity contribution is 7.92. The Morgan fingerprint density at radius 2 is 2.30 bits per heavy atom. The highest BCUT2D eigenvalue weighted by Gasteiger charge is 2.40. The molecule has 0 amide bonds. The molecule has 9 heteroatoms. The van der Waals surface area contributed by atoms with Crippen LogP contribution in [0.15, 0.2) is 17.3 Å². The Hall–Kier alpha value is -1.61. The molecule has 4 N–H and O–H groups in total. The fraction of sp³-hybridized carbons (Fsp3) is 0.455. The van der Waals surface area contributed by atoms with E-state index in [1.165, 1.54) is 0 Å². The van der Waals surface area contributed by atoms with Crippen LogP contribution in [-0.4, -0.2) is 28.2 Å². The second-order valence-electron chi connectivity index (χ2n) is 4.87. The molecule has 2 aromatic rings. The summed E-state index contributed by atoms with van der Waals surface area (Å²) in [7, 11) is -3.36. The number of nitrogens with one attached hydrogen (secondary N) is 2. The summed E-state index contributed by atoms with van der Waals surface area (Å²) in [6.45, 7) is 1.92. The van der Waals surface area contributed by atoms with Gasteiger partial charge in [0, 0.05) is 11.8 Å². The first kappa shape index (κ1) is 13.4. The van der Waals surface area contributed by atoms with Crippen LogP contribution in [0.3, 0.4) is 0 Å². The van der Waals surface area contributed by atoms with Gasteiger partial charge in [0.05, 0.1) is 17.5 Å². The number of rotatable bonds is 5. The van der Waals surface area contributed by atoms with E-state index in [1.807, 2.05) is 6.92 Å². The molecule has 1 aliphatic carbocycles. The van der Waals surface area contributed by atoms with Gasteiger partial charge < -0.3 is 11.1 Å². The lowest BCUT2D eigenvalue weighted by atomic mass is 10.2. The molecular formula is C11H15N5O2S2. The molecule has 0 bridgehead atoms. The Kier molecular flexibility index (Phi) is 3.17. The van der Waals surface area contributed by atoms with Gasteiger partial charge in [-0.25, -0.2) is 8.42 Å². The molecule has 0 radical (unpaired) electrons. The van der Waals surface area contributed by atoms with E-state index in [9.17, 15) is 8.42 Å². The number of hydrogen-bond acceptors (Lipinski definition) is 7. The number of anilines is 2. The predicted octanol–water partition coefficient (Wildman–Crippen LogP) is 1.56. The van der Waals surface area contributed by atoms with Crippen LogP contribution in [0.25, 0.3) is 0 Å². The monoisotopic (exact) mass is 313 g/mol. The van der Waals surface area contributed by atoms with Gasteiger partial charge in [-0.2, -0.15) is 9.47 Å². The van der Waals surface area contributed by atoms with Gasteiger partial charge in [0.25, 0.3) is 0 Å². The zero-order valence-corrected chi connectivity index (χ0v) is 12.5. The van der Waals surface area contributed by atoms with Crippen molar-refractivity contribution in [3.8, 4) is 0 Å². The van der Waals surface area contributed by atoms with Gasteiger partial charge in [0.1, 0.15) is 9.90 Å². The Bertz CT molecular complexity index is 703. The SMILES string of the molecule is CC(Nc1snc(N)c1S(=O)(=O)C1CC1)c1cn[nH]c1. The zero-order chi connectivity index (χ0) is 14.3. The molecule has 20 heavy (non-hydrogen) atoms. The van der Waals surface area contributed by atoms with Crippen LogP contribution in [0, 0.1) is 0 Å². The van der Waals surface area contributed by atoms with E-state index in [0.29, 0.717) is 17.8 Å². The van der Waals surface area contributed by atoms with Crippen molar-refractivity contribution in [2.24, 2.45) is 0 Å². The summed E-state index contributed by atoms with van der Waals surface area (Å²) in [4.78, 5) is 0.153. The molecule has 2 aromatic heterocycles. The maximum atomic E-state index is 12.4. The molecule has 3 rings (SSSR count). The summed E-state index contributed by atoms with van der Waals surface area (Å²) in [5.74, 6) is 0.0868. The fourth-order valence-corrected chi connectivity index (χ4v) is 4.94. The van der Waals surface area contributed by atoms with Crippen LogP contribution >= 0.6 is 11.5 Å². The Balaban J connectivity index is 1.91. The van der Waals surface area contributed by atoms with E-state index in [4.69, 9.17) is 5.73 Å². The number of nitrogens with zero attached hydrogens (tertiary/aromatic N) is 2. The maximum Gasteiger partial charge on any atom is 0.187 e. The van der Waals surface area contributed by atoms with Crippen molar-refractivity contribution in [1.29, 1.82) is 0 Å². The van der Waals surface area contributed by atoms with Crippen LogP contribution in [0.2, 0.25) is 0 Å². The normalized spacial score (nSPS) is 17.1. The lowest BCUT2D eigenvalue weighted by Gasteiger charge is -2.13. The molecule has 1 unspecified atom stereocenters. The van der Waals surface area contributed by atoms with Gasteiger partial charge in [-0.05, 0) is 31.3 Å². The summed E-state index contributed by atoms with van der Waals surface area (Å²) >= 11 is 1.08. The average Bonchev–Trinajstić information content (AvgIpc) is 2.99. The minimum absolute atomic E-state index is 0.0817. The van der Waals surface area contributed by atoms with E-state index in [1.54, 1.807) is 12.4 Å². The van der Waals surface area contributed by atoms with Crippen molar-refractivity contribution < 1.29 is 8.42 Å². The molecule has 7 nitrogen and oxygen atoms in total. The number of aromatic nitrogens is 3. The molecular weight excluding hydrogens is 298 g/mol. The minimum Gasteiger partial charge on any atom is -0.382 e. The van der Waals surface area contributed by atoms with Crippen molar-refractivity contribution in [2.45, 2.75) is 36.0 Å². The van der Waals surface area contributed by atoms with Crippen LogP contribution < -0.4 is 11.1 Å². The summed E-state index contributed by atoms with van der Waals surface area (Å²) in [5, 5.41) is 9.97. The van der Waals surface area contributed by atoms with E-state index in [-0.39, 0.29) is 22.0 Å². The molecule has 1 saturated carbocycles. The molecule has 108 valence electrons. The number of aromatic amines is 1. The topological polar surface area (TPSA) is 114 Å². The lowest BCUT2D eigenvalue weighted by Crippen LogP contribution is -2.13. The van der Waals surface area contributed by atoms with Crippen LogP contribution in [-0.2, 0) is 9.84 Å². The second kappa shape index (κ2) is 4.74. The number of hydrogen-bond donors (Lipinski definition) is 3. The van der Waals surface area contributed by atoms with Gasteiger partial charge in [-0.15, -0.1) is 0 Å². The molecule has 1 atom stereocenters. The molecule has 0 spiro atoms. The van der Waals surface area contributed by atoms with E-state index in [0.717, 1.165) is 17.1 Å². The molecule has 0 aromatic carbocycles. The standard InChI is InChI=1S/C11H15N5O2S2/c1-6(7-4-13-14-5-7)15-11-9(10(12)16-19-11)20(17,18)8-2-3-8/h4-6,8,15H,2-3H2,1H3,(H2,12,16)(H,13,14). The average molecular weight is 313 g/mol. The zero-order valence-electron chi connectivity index (χ0n) is 10.8. The van der Waals surface area contributed by atoms with E-state index in [2.05, 4.69) is 19.9 Å². The first-order chi connectivity index (χ1) is 9.50. The summed E-state index contributed by atoms with van der Waals surface area (Å²) in [6, 6.07) is -0.0817. The first-order valence-corrected chi connectivity index (χ1v) is 8.56. The van der Waals surface area contributed by atoms with Gasteiger partial charge in [-0.3, -0.25) is 5.10 Å². The highest BCUT2D eigenvalue weighted by atomic mass is 32.2. The lowest BCUT2D eigenvalue weighted by molar-refractivity contribution is 0.595. The van der Waals surface area contributed by atoms with Crippen molar-refractivity contribution in [3.05, 3.63) is 18.0 Å². The van der Waals surface area contributed by atoms with Crippen molar-refractivity contribution in [3.63, 3.8) is 0 Å². The highest BCUT2D eigenvalue weighted by Crippen LogP contribution is 2.41. The summed E-state index contributed by atoms with van der Waals surface area (Å²) in [5.41, 5.74) is 6.69. The minimum atomic E-state index is -3.36. The third kappa shape index (κ3) is 2.27. The number of H-pyrrole nitrogens is 1. The van der Waals surface area contributed by atoms with Crippen molar-refractivity contribution in [1.82, 2.24) is 14.6 Å². The van der Waals surface area contributed by atoms with Crippen molar-refractivity contribution in [2.75, 3.05) is 11.1 Å². The third-order valence-electron chi connectivity index (χ3n) is 3.29. The largest absolute Gasteiger partial charge is 0.382 e. The molecule has 2 heterocycles. The molecule has 1 aliphatic rings. The van der Waals surface area contributed by atoms with Gasteiger partial charge in [-0.1, -0.05) is 0 Å². The number of sulfone groups is 1. The van der Waals surface area contributed by atoms with Gasteiger partial charge >= 0.3 is 0 Å². The third-order valence-corrected chi connectivity index (χ3v) is 6.54. The first-order valence-electron chi connectivity index (χ1n) is 6.24. The maximum absolute atomic E-state index is 12.4. The summed E-state index contributed by atoms with van der Waals surface area (Å²) in [6.07, 6.45) is 4.86. The molecule has 0 aliphatic heterocycles. The smallest absolute Gasteiger partial charge is 0.187 e. The van der Waals surface area contributed by atoms with Gasteiger partial charge in [0.2, 0.25) is 0 Å². The Morgan fingerprint density at radius 1 is 1.55 bits per heavy atom. The molecule has 1 fully saturated rings. The quantitative estimate of drug-likeness (QED) is 0.772. The predicted molar refractivity (Wildman–Crippen MR) is 77.4 cm³/mol. The van der Waals surface area contributed by atoms with Crippen LogP contribution in [0.1, 0.15) is 31.4 Å². The van der Waals surface area contributed by atoms with Crippen LogP contribution in [0.5, 0.6) is 0 Å². The summed E-state index contributed by atoms with van der Waals surface area (Å²) < 4.78 is 28.8. The number of nitrogen functional groups attached to an aromatic ring is 1. The fourth-order valence-electron chi connectivity index (χ4n) is 1.98. The number of nitrogens with two attached hydrogens (primary N) is 1. The molecule has 0 saturated heterocycles. The van der Waals surface area contributed by atoms with E-state index >= 15 is 0 Å². The van der Waals surface area contributed by atoms with Gasteiger partial charge in [0.15, 0.2) is 15.7 Å². The Labute approximate surface area is 120 Å². The Morgan fingerprint density at radius 3 is 2.90 bits per heavy atom. The van der Waals surface area contributed by atoms with Crippen molar-refractivity contribution >= 4 is 32.2 Å².